The van der Waals surface area contributed by atoms with Gasteiger partial charge in [-0.25, -0.2) is 13.1 Å². The molecule has 0 heterocycles. The third kappa shape index (κ3) is 4.66. The van der Waals surface area contributed by atoms with Gasteiger partial charge in [-0.1, -0.05) is 25.5 Å². The van der Waals surface area contributed by atoms with E-state index in [-0.39, 0.29) is 11.3 Å². The predicted octanol–water partition coefficient (Wildman–Crippen LogP) is 2.61. The van der Waals surface area contributed by atoms with Gasteiger partial charge in [0, 0.05) is 5.54 Å². The van der Waals surface area contributed by atoms with E-state index in [0.29, 0.717) is 0 Å². The summed E-state index contributed by atoms with van der Waals surface area (Å²) in [6, 6.07) is 8.45. The van der Waals surface area contributed by atoms with Gasteiger partial charge in [0.15, 0.2) is 0 Å². The van der Waals surface area contributed by atoms with Crippen molar-refractivity contribution in [3.63, 3.8) is 0 Å². The zero-order valence-corrected chi connectivity index (χ0v) is 12.4. The lowest BCUT2D eigenvalue weighted by atomic mass is 10.0. The fourth-order valence-corrected chi connectivity index (χ4v) is 3.42. The summed E-state index contributed by atoms with van der Waals surface area (Å²) in [5, 5.41) is 8.58. The molecule has 0 spiro atoms. The van der Waals surface area contributed by atoms with Gasteiger partial charge in [0.05, 0.1) is 17.4 Å². The summed E-state index contributed by atoms with van der Waals surface area (Å²) in [4.78, 5) is 0.235. The quantitative estimate of drug-likeness (QED) is 0.870. The van der Waals surface area contributed by atoms with Crippen LogP contribution in [0.1, 0.15) is 39.2 Å². The Bertz CT molecular complexity index is 554. The number of nitrogens with zero attached hydrogens (tertiary/aromatic N) is 1. The summed E-state index contributed by atoms with van der Waals surface area (Å²) < 4.78 is 27.1. The highest BCUT2D eigenvalue weighted by molar-refractivity contribution is 7.89. The molecular formula is C14H20N2O2S. The molecule has 104 valence electrons. The van der Waals surface area contributed by atoms with Crippen molar-refractivity contribution in [2.24, 2.45) is 0 Å². The van der Waals surface area contributed by atoms with Crippen molar-refractivity contribution in [1.29, 1.82) is 5.26 Å². The zero-order valence-electron chi connectivity index (χ0n) is 11.6. The number of nitrogens with one attached hydrogen (secondary N) is 1. The minimum absolute atomic E-state index is 0.235. The normalized spacial score (nSPS) is 12.1. The van der Waals surface area contributed by atoms with E-state index in [1.807, 2.05) is 26.8 Å². The van der Waals surface area contributed by atoms with Crippen molar-refractivity contribution >= 4 is 10.0 Å². The van der Waals surface area contributed by atoms with E-state index in [4.69, 9.17) is 5.26 Å². The lowest BCUT2D eigenvalue weighted by molar-refractivity contribution is 0.418. The maximum Gasteiger partial charge on any atom is 0.241 e. The number of hydrogen-bond acceptors (Lipinski definition) is 3. The lowest BCUT2D eigenvalue weighted by Gasteiger charge is -2.25. The van der Waals surface area contributed by atoms with Crippen LogP contribution in [0.15, 0.2) is 29.2 Å². The van der Waals surface area contributed by atoms with Crippen molar-refractivity contribution in [3.8, 4) is 6.07 Å². The number of sulfonamides is 1. The van der Waals surface area contributed by atoms with E-state index in [2.05, 4.69) is 4.72 Å². The molecule has 0 aliphatic heterocycles. The maximum absolute atomic E-state index is 12.2. The summed E-state index contributed by atoms with van der Waals surface area (Å²) in [5.41, 5.74) is 0.355. The molecule has 0 bridgehead atoms. The summed E-state index contributed by atoms with van der Waals surface area (Å²) in [7, 11) is -3.50. The van der Waals surface area contributed by atoms with Gasteiger partial charge in [0.1, 0.15) is 0 Å². The largest absolute Gasteiger partial charge is 0.241 e. The second kappa shape index (κ2) is 6.18. The average Bonchev–Trinajstić information content (AvgIpc) is 2.28. The molecule has 0 amide bonds. The Morgan fingerprint density at radius 3 is 2.32 bits per heavy atom. The van der Waals surface area contributed by atoms with Gasteiger partial charge in [-0.3, -0.25) is 0 Å². The smallest absolute Gasteiger partial charge is 0.207 e. The topological polar surface area (TPSA) is 70.0 Å². The van der Waals surface area contributed by atoms with Crippen LogP contribution in [0.4, 0.5) is 0 Å². The Labute approximate surface area is 115 Å². The molecule has 19 heavy (non-hydrogen) atoms. The van der Waals surface area contributed by atoms with Gasteiger partial charge in [-0.2, -0.15) is 5.26 Å². The monoisotopic (exact) mass is 280 g/mol. The Balaban J connectivity index is 2.92. The maximum atomic E-state index is 12.2. The molecule has 0 aromatic heterocycles. The molecule has 5 heteroatoms. The van der Waals surface area contributed by atoms with Crippen LogP contribution >= 0.6 is 0 Å². The van der Waals surface area contributed by atoms with Crippen LogP contribution in [0, 0.1) is 11.3 Å². The molecule has 0 radical (unpaired) electrons. The molecule has 0 fully saturated rings. The summed E-state index contributed by atoms with van der Waals surface area (Å²) >= 11 is 0. The lowest BCUT2D eigenvalue weighted by Crippen LogP contribution is -2.43. The summed E-state index contributed by atoms with van der Waals surface area (Å²) in [5.74, 6) is 0. The van der Waals surface area contributed by atoms with Crippen LogP contribution in [0.25, 0.3) is 0 Å². The van der Waals surface area contributed by atoms with E-state index in [9.17, 15) is 8.42 Å². The van der Waals surface area contributed by atoms with Crippen LogP contribution in [0.3, 0.4) is 0 Å². The van der Waals surface area contributed by atoms with Gasteiger partial charge in [0.2, 0.25) is 10.0 Å². The first-order valence-electron chi connectivity index (χ1n) is 6.30. The van der Waals surface area contributed by atoms with Crippen LogP contribution in [-0.2, 0) is 16.4 Å². The minimum Gasteiger partial charge on any atom is -0.207 e. The van der Waals surface area contributed by atoms with Gasteiger partial charge in [-0.05, 0) is 38.0 Å². The summed E-state index contributed by atoms with van der Waals surface area (Å²) in [6.45, 7) is 5.77. The SMILES string of the molecule is CCCC(C)(C)NS(=O)(=O)c1ccc(CC#N)cc1. The molecule has 0 unspecified atom stereocenters. The fraction of sp³-hybridized carbons (Fsp3) is 0.500. The van der Waals surface area contributed by atoms with Crippen LogP contribution < -0.4 is 4.72 Å². The van der Waals surface area contributed by atoms with E-state index in [1.165, 1.54) is 12.1 Å². The number of rotatable bonds is 6. The second-order valence-corrected chi connectivity index (χ2v) is 6.90. The van der Waals surface area contributed by atoms with Gasteiger partial charge < -0.3 is 0 Å². The minimum atomic E-state index is -3.50. The molecule has 0 saturated heterocycles. The molecule has 0 atom stereocenters. The highest BCUT2D eigenvalue weighted by Crippen LogP contribution is 2.17. The number of benzene rings is 1. The van der Waals surface area contributed by atoms with Crippen molar-refractivity contribution in [2.75, 3.05) is 0 Å². The van der Waals surface area contributed by atoms with E-state index in [0.717, 1.165) is 18.4 Å². The van der Waals surface area contributed by atoms with E-state index in [1.54, 1.807) is 12.1 Å². The second-order valence-electron chi connectivity index (χ2n) is 5.22. The van der Waals surface area contributed by atoms with Gasteiger partial charge in [-0.15, -0.1) is 0 Å². The van der Waals surface area contributed by atoms with Crippen molar-refractivity contribution in [3.05, 3.63) is 29.8 Å². The van der Waals surface area contributed by atoms with E-state index < -0.39 is 15.6 Å². The third-order valence-electron chi connectivity index (χ3n) is 2.80. The first kappa shape index (κ1) is 15.7. The number of hydrogen-bond donors (Lipinski definition) is 1. The predicted molar refractivity (Wildman–Crippen MR) is 75.1 cm³/mol. The average molecular weight is 280 g/mol. The molecule has 4 nitrogen and oxygen atoms in total. The molecule has 1 aromatic carbocycles. The first-order chi connectivity index (χ1) is 8.80. The Kier molecular flexibility index (Phi) is 5.10. The Morgan fingerprint density at radius 1 is 1.26 bits per heavy atom. The Morgan fingerprint density at radius 2 is 1.84 bits per heavy atom. The van der Waals surface area contributed by atoms with Crippen molar-refractivity contribution < 1.29 is 8.42 Å². The highest BCUT2D eigenvalue weighted by atomic mass is 32.2. The molecule has 1 aromatic rings. The molecule has 0 aliphatic carbocycles. The number of nitriles is 1. The van der Waals surface area contributed by atoms with Crippen LogP contribution in [0.5, 0.6) is 0 Å². The third-order valence-corrected chi connectivity index (χ3v) is 4.52. The molecular weight excluding hydrogens is 260 g/mol. The zero-order chi connectivity index (χ0) is 14.5. The van der Waals surface area contributed by atoms with Gasteiger partial charge >= 0.3 is 0 Å². The Hall–Kier alpha value is -1.38. The van der Waals surface area contributed by atoms with Crippen LogP contribution in [-0.4, -0.2) is 14.0 Å². The standard InChI is InChI=1S/C14H20N2O2S/c1-4-10-14(2,3)16-19(17,18)13-7-5-12(6-8-13)9-11-15/h5-8,16H,4,9-10H2,1-3H3. The van der Waals surface area contributed by atoms with Crippen LogP contribution in [0.2, 0.25) is 0 Å². The molecule has 0 saturated carbocycles. The summed E-state index contributed by atoms with van der Waals surface area (Å²) in [6.07, 6.45) is 1.98. The van der Waals surface area contributed by atoms with Gasteiger partial charge in [0.25, 0.3) is 0 Å². The molecule has 1 rings (SSSR count). The van der Waals surface area contributed by atoms with Crippen molar-refractivity contribution in [1.82, 2.24) is 4.72 Å². The molecule has 0 aliphatic rings. The van der Waals surface area contributed by atoms with E-state index >= 15 is 0 Å². The first-order valence-corrected chi connectivity index (χ1v) is 7.79. The molecule has 1 N–H and O–H groups in total. The highest BCUT2D eigenvalue weighted by Gasteiger charge is 2.25. The van der Waals surface area contributed by atoms with Crippen molar-refractivity contribution in [2.45, 2.75) is 50.5 Å². The fourth-order valence-electron chi connectivity index (χ4n) is 1.98.